The van der Waals surface area contributed by atoms with Crippen LogP contribution in [0.3, 0.4) is 0 Å². The monoisotopic (exact) mass is 699 g/mol. The van der Waals surface area contributed by atoms with Gasteiger partial charge in [-0.2, -0.15) is 29.3 Å². The smallest absolute Gasteiger partial charge is 0.290 e. The molecule has 0 radical (unpaired) electrons. The molecule has 7 rings (SSSR count). The molecule has 1 N–H and O–H groups in total. The maximum Gasteiger partial charge on any atom is 0.290 e. The summed E-state index contributed by atoms with van der Waals surface area (Å²) in [4.78, 5) is 23.1. The maximum absolute atomic E-state index is 15.1. The maximum atomic E-state index is 15.1. The van der Waals surface area contributed by atoms with Crippen LogP contribution in [0.4, 0.5) is 35.1 Å². The SMILES string of the molecule is O=C(C[C@@H](Cc1cc(F)cc(F)c1)c1nc(-c2cn[nH]n2)ccc1-c1cnc2c(c1)C=CC2)Cn1nc(C(F)F)c2c1C(F)(F)CCC2(F)F. The number of hydrogen-bond acceptors (Lipinski definition) is 6. The standard InChI is InChI=1S/C34H25F8N7O/c35-21-9-17(10-22(36)13-21)8-19(12-23(50)16-49-31-28(30(47-49)32(37)38)33(39,40)6-7-34(31,41)42)29-24(4-5-26(45-29)27-15-44-48-46-27)20-11-18-2-1-3-25(18)43-14-20/h1-2,4-5,9-11,13-15,19,32H,3,6-8,12,16H2,(H,44,46,48)/t19-/m1/s1. The molecular formula is C34H25F8N7O. The molecule has 0 fully saturated rings. The number of pyridine rings is 2. The number of Topliss-reactive ketones (excluding diaryl/α,β-unsaturated/α-hetero) is 1. The van der Waals surface area contributed by atoms with Crippen LogP contribution in [0, 0.1) is 11.6 Å². The van der Waals surface area contributed by atoms with Crippen molar-refractivity contribution >= 4 is 11.9 Å². The lowest BCUT2D eigenvalue weighted by Crippen LogP contribution is -2.33. The number of nitrogens with one attached hydrogen (secondary N) is 1. The summed E-state index contributed by atoms with van der Waals surface area (Å²) in [6.45, 7) is -1.06. The van der Waals surface area contributed by atoms with Gasteiger partial charge in [0.1, 0.15) is 35.3 Å². The molecule has 2 aliphatic rings. The molecule has 0 saturated heterocycles. The first-order chi connectivity index (χ1) is 23.8. The third kappa shape index (κ3) is 6.29. The highest BCUT2D eigenvalue weighted by molar-refractivity contribution is 5.80. The number of hydrogen-bond donors (Lipinski definition) is 1. The average molecular weight is 700 g/mol. The Bertz CT molecular complexity index is 2110. The quantitative estimate of drug-likeness (QED) is 0.149. The lowest BCUT2D eigenvalue weighted by atomic mass is 9.86. The molecule has 0 spiro atoms. The Morgan fingerprint density at radius 2 is 1.70 bits per heavy atom. The van der Waals surface area contributed by atoms with E-state index in [1.165, 1.54) is 6.20 Å². The van der Waals surface area contributed by atoms with Crippen LogP contribution in [0.25, 0.3) is 28.6 Å². The topological polar surface area (TPSA) is 102 Å². The zero-order chi connectivity index (χ0) is 35.4. The van der Waals surface area contributed by atoms with Gasteiger partial charge in [0, 0.05) is 55.0 Å². The van der Waals surface area contributed by atoms with E-state index in [1.54, 1.807) is 18.3 Å². The van der Waals surface area contributed by atoms with Gasteiger partial charge >= 0.3 is 0 Å². The molecule has 0 unspecified atom stereocenters. The van der Waals surface area contributed by atoms with Crippen LogP contribution < -0.4 is 0 Å². The minimum atomic E-state index is -4.02. The highest BCUT2D eigenvalue weighted by atomic mass is 19.3. The molecule has 258 valence electrons. The summed E-state index contributed by atoms with van der Waals surface area (Å²) in [6, 6.07) is 7.98. The Labute approximate surface area is 278 Å². The molecule has 4 aromatic heterocycles. The molecule has 1 aromatic carbocycles. The predicted octanol–water partition coefficient (Wildman–Crippen LogP) is 7.87. The van der Waals surface area contributed by atoms with Crippen molar-refractivity contribution in [3.63, 3.8) is 0 Å². The second kappa shape index (κ2) is 12.6. The zero-order valence-electron chi connectivity index (χ0n) is 25.8. The van der Waals surface area contributed by atoms with Crippen LogP contribution in [-0.4, -0.2) is 40.9 Å². The fraction of sp³-hybridized carbons (Fsp3) is 0.294. The highest BCUT2D eigenvalue weighted by Gasteiger charge is 2.55. The molecule has 50 heavy (non-hydrogen) atoms. The van der Waals surface area contributed by atoms with Crippen molar-refractivity contribution in [3.05, 3.63) is 106 Å². The van der Waals surface area contributed by atoms with Gasteiger partial charge in [-0.1, -0.05) is 18.2 Å². The summed E-state index contributed by atoms with van der Waals surface area (Å²) in [5.74, 6) is -11.7. The van der Waals surface area contributed by atoms with Crippen molar-refractivity contribution in [1.29, 1.82) is 0 Å². The van der Waals surface area contributed by atoms with Gasteiger partial charge in [0.05, 0.1) is 28.8 Å². The zero-order valence-corrected chi connectivity index (χ0v) is 25.8. The summed E-state index contributed by atoms with van der Waals surface area (Å²) < 4.78 is 116. The summed E-state index contributed by atoms with van der Waals surface area (Å²) in [7, 11) is 0. The highest BCUT2D eigenvalue weighted by Crippen LogP contribution is 2.52. The number of alkyl halides is 6. The van der Waals surface area contributed by atoms with Gasteiger partial charge in [0.25, 0.3) is 18.3 Å². The van der Waals surface area contributed by atoms with Crippen LogP contribution in [0.15, 0.2) is 54.9 Å². The average Bonchev–Trinajstić information content (AvgIpc) is 3.83. The van der Waals surface area contributed by atoms with Crippen molar-refractivity contribution in [3.8, 4) is 22.5 Å². The number of benzene rings is 1. The van der Waals surface area contributed by atoms with Crippen LogP contribution in [0.5, 0.6) is 0 Å². The van der Waals surface area contributed by atoms with E-state index in [0.29, 0.717) is 35.0 Å². The Kier molecular flexibility index (Phi) is 8.34. The number of rotatable bonds is 10. The number of nitrogens with zero attached hydrogens (tertiary/aromatic N) is 6. The first kappa shape index (κ1) is 33.2. The number of aromatic amines is 1. The number of carbonyl (C=O) groups excluding carboxylic acids is 1. The predicted molar refractivity (Wildman–Crippen MR) is 162 cm³/mol. The van der Waals surface area contributed by atoms with E-state index in [9.17, 15) is 31.1 Å². The third-order valence-corrected chi connectivity index (χ3v) is 8.77. The van der Waals surface area contributed by atoms with Gasteiger partial charge in [0.2, 0.25) is 0 Å². The van der Waals surface area contributed by atoms with Crippen LogP contribution in [-0.2, 0) is 36.0 Å². The van der Waals surface area contributed by atoms with Gasteiger partial charge in [-0.05, 0) is 41.8 Å². The van der Waals surface area contributed by atoms with E-state index in [2.05, 4.69) is 25.5 Å². The lowest BCUT2D eigenvalue weighted by molar-refractivity contribution is -0.121. The third-order valence-electron chi connectivity index (χ3n) is 8.77. The Morgan fingerprint density at radius 3 is 2.42 bits per heavy atom. The van der Waals surface area contributed by atoms with Crippen LogP contribution >= 0.6 is 0 Å². The van der Waals surface area contributed by atoms with Gasteiger partial charge in [0.15, 0.2) is 5.78 Å². The molecule has 0 saturated carbocycles. The Hall–Kier alpha value is -5.28. The molecule has 4 heterocycles. The van der Waals surface area contributed by atoms with Crippen molar-refractivity contribution in [2.45, 2.75) is 62.8 Å². The molecule has 0 bridgehead atoms. The van der Waals surface area contributed by atoms with E-state index in [-0.39, 0.29) is 22.4 Å². The summed E-state index contributed by atoms with van der Waals surface area (Å²) in [5, 5.41) is 13.7. The molecule has 5 aromatic rings. The summed E-state index contributed by atoms with van der Waals surface area (Å²) in [6.07, 6.45) is 0.380. The Balaban J connectivity index is 1.33. The fourth-order valence-electron chi connectivity index (χ4n) is 6.59. The van der Waals surface area contributed by atoms with Crippen molar-refractivity contribution in [2.24, 2.45) is 0 Å². The molecule has 16 heteroatoms. The lowest BCUT2D eigenvalue weighted by Gasteiger charge is -2.29. The molecular weight excluding hydrogens is 674 g/mol. The van der Waals surface area contributed by atoms with Crippen LogP contribution in [0.2, 0.25) is 0 Å². The molecule has 0 aliphatic heterocycles. The molecule has 0 amide bonds. The van der Waals surface area contributed by atoms with Crippen molar-refractivity contribution in [2.75, 3.05) is 0 Å². The van der Waals surface area contributed by atoms with E-state index >= 15 is 8.78 Å². The molecule has 8 nitrogen and oxygen atoms in total. The van der Waals surface area contributed by atoms with E-state index in [0.717, 1.165) is 23.4 Å². The number of carbonyl (C=O) groups is 1. The Morgan fingerprint density at radius 1 is 0.940 bits per heavy atom. The number of ketones is 1. The van der Waals surface area contributed by atoms with Gasteiger partial charge in [-0.3, -0.25) is 19.4 Å². The fourth-order valence-corrected chi connectivity index (χ4v) is 6.59. The van der Waals surface area contributed by atoms with Crippen molar-refractivity contribution in [1.82, 2.24) is 35.2 Å². The van der Waals surface area contributed by atoms with E-state index < -0.39 is 84.4 Å². The first-order valence-corrected chi connectivity index (χ1v) is 15.4. The first-order valence-electron chi connectivity index (χ1n) is 15.4. The van der Waals surface area contributed by atoms with Gasteiger partial charge in [-0.15, -0.1) is 0 Å². The number of aromatic nitrogens is 7. The largest absolute Gasteiger partial charge is 0.298 e. The normalized spacial score (nSPS) is 16.4. The summed E-state index contributed by atoms with van der Waals surface area (Å²) in [5.41, 5.74) is -0.830. The van der Waals surface area contributed by atoms with Gasteiger partial charge in [-0.25, -0.2) is 26.3 Å². The molecule has 2 aliphatic carbocycles. The number of halogens is 8. The number of allylic oxidation sites excluding steroid dienone is 1. The minimum Gasteiger partial charge on any atom is -0.298 e. The second-order valence-corrected chi connectivity index (χ2v) is 12.2. The second-order valence-electron chi connectivity index (χ2n) is 12.2. The number of fused-ring (bicyclic) bond motifs is 2. The number of H-pyrrole nitrogens is 1. The van der Waals surface area contributed by atoms with Crippen LogP contribution in [0.1, 0.15) is 71.1 Å². The van der Waals surface area contributed by atoms with E-state index in [1.807, 2.05) is 18.2 Å². The van der Waals surface area contributed by atoms with Gasteiger partial charge < -0.3 is 0 Å². The van der Waals surface area contributed by atoms with E-state index in [4.69, 9.17) is 4.98 Å². The van der Waals surface area contributed by atoms with Crippen molar-refractivity contribution < 1.29 is 39.9 Å². The minimum absolute atomic E-state index is 0.123. The molecule has 1 atom stereocenters. The summed E-state index contributed by atoms with van der Waals surface area (Å²) >= 11 is 0.